The summed E-state index contributed by atoms with van der Waals surface area (Å²) >= 11 is 0. The van der Waals surface area contributed by atoms with Crippen LogP contribution in [0, 0.1) is 51.2 Å². The molecule has 0 amide bonds. The summed E-state index contributed by atoms with van der Waals surface area (Å²) in [5.41, 5.74) is 4.33. The van der Waals surface area contributed by atoms with Gasteiger partial charge in [-0.05, 0) is 116 Å². The lowest BCUT2D eigenvalue weighted by atomic mass is 9.41. The lowest BCUT2D eigenvalue weighted by Gasteiger charge is -2.64. The number of aliphatic hydroxyl groups excluding tert-OH is 1. The van der Waals surface area contributed by atoms with E-state index < -0.39 is 0 Å². The van der Waals surface area contributed by atoms with Gasteiger partial charge in [0.15, 0.2) is 0 Å². The monoisotopic (exact) mass is 440 g/mol. The molecule has 9 atom stereocenters. The van der Waals surface area contributed by atoms with E-state index in [1.165, 1.54) is 56.9 Å². The van der Waals surface area contributed by atoms with E-state index in [-0.39, 0.29) is 16.9 Å². The highest BCUT2D eigenvalue weighted by Gasteiger charge is 2.65. The molecule has 4 aliphatic carbocycles. The van der Waals surface area contributed by atoms with Gasteiger partial charge >= 0.3 is 0 Å². The Morgan fingerprint density at radius 1 is 1.00 bits per heavy atom. The number of hydrogen-bond acceptors (Lipinski definition) is 1. The first kappa shape index (κ1) is 24.6. The van der Waals surface area contributed by atoms with E-state index >= 15 is 0 Å². The lowest BCUT2D eigenvalue weighted by Crippen LogP contribution is -2.57. The summed E-state index contributed by atoms with van der Waals surface area (Å²) in [5.74, 6) is 3.66. The molecule has 0 aliphatic heterocycles. The number of rotatable bonds is 5. The van der Waals surface area contributed by atoms with Crippen LogP contribution in [-0.2, 0) is 0 Å². The molecule has 1 N–H and O–H groups in total. The lowest BCUT2D eigenvalue weighted by molar-refractivity contribution is -0.118. The van der Waals surface area contributed by atoms with Crippen LogP contribution in [0.4, 0.5) is 0 Å². The van der Waals surface area contributed by atoms with Crippen LogP contribution in [0.5, 0.6) is 0 Å². The molecule has 4 aliphatic rings. The van der Waals surface area contributed by atoms with Crippen molar-refractivity contribution in [3.05, 3.63) is 23.8 Å². The van der Waals surface area contributed by atoms with Crippen LogP contribution in [0.3, 0.4) is 0 Å². The van der Waals surface area contributed by atoms with E-state index in [0.717, 1.165) is 24.2 Å². The van der Waals surface area contributed by atoms with Gasteiger partial charge in [-0.25, -0.2) is 0 Å². The topological polar surface area (TPSA) is 20.2 Å². The van der Waals surface area contributed by atoms with Crippen molar-refractivity contribution >= 4 is 0 Å². The third kappa shape index (κ3) is 3.34. The SMILES string of the molecule is C=C(C)[C@@H](C)CC[C@@H](C)[C@H]1CC[C@@]2(C)[C@@H]3CC[C@H]4C(C)(C)[C@@H](O)CC[C@]4(C)C3=CC[C@]12C. The van der Waals surface area contributed by atoms with Gasteiger partial charge in [0.2, 0.25) is 0 Å². The normalized spacial score (nSPS) is 47.0. The Labute approximate surface area is 199 Å². The summed E-state index contributed by atoms with van der Waals surface area (Å²) in [4.78, 5) is 0. The first-order chi connectivity index (χ1) is 14.8. The van der Waals surface area contributed by atoms with E-state index in [1.54, 1.807) is 5.57 Å². The minimum atomic E-state index is -0.138. The first-order valence-corrected chi connectivity index (χ1v) is 13.8. The van der Waals surface area contributed by atoms with Crippen molar-refractivity contribution in [2.75, 3.05) is 0 Å². The van der Waals surface area contributed by atoms with E-state index in [0.29, 0.717) is 22.7 Å². The van der Waals surface area contributed by atoms with E-state index in [2.05, 4.69) is 68.0 Å². The molecule has 3 fully saturated rings. The highest BCUT2D eigenvalue weighted by Crippen LogP contribution is 2.73. The van der Waals surface area contributed by atoms with Gasteiger partial charge in [0.05, 0.1) is 6.10 Å². The average molecular weight is 441 g/mol. The summed E-state index contributed by atoms with van der Waals surface area (Å²) in [7, 11) is 0. The molecular formula is C31H52O. The Hall–Kier alpha value is -0.560. The average Bonchev–Trinajstić information content (AvgIpc) is 3.00. The molecule has 0 spiro atoms. The van der Waals surface area contributed by atoms with Crippen LogP contribution < -0.4 is 0 Å². The van der Waals surface area contributed by atoms with Gasteiger partial charge in [0, 0.05) is 0 Å². The van der Waals surface area contributed by atoms with Crippen molar-refractivity contribution in [2.24, 2.45) is 51.2 Å². The molecule has 0 aromatic carbocycles. The van der Waals surface area contributed by atoms with Gasteiger partial charge in [-0.2, -0.15) is 0 Å². The van der Waals surface area contributed by atoms with Crippen LogP contribution in [-0.4, -0.2) is 11.2 Å². The zero-order chi connectivity index (χ0) is 23.7. The van der Waals surface area contributed by atoms with Crippen LogP contribution in [0.25, 0.3) is 0 Å². The maximum Gasteiger partial charge on any atom is 0.0594 e. The molecule has 3 saturated carbocycles. The van der Waals surface area contributed by atoms with Crippen molar-refractivity contribution in [1.29, 1.82) is 0 Å². The third-order valence-electron chi connectivity index (χ3n) is 12.4. The highest BCUT2D eigenvalue weighted by molar-refractivity contribution is 5.32. The fourth-order valence-electron chi connectivity index (χ4n) is 9.63. The standard InChI is InChI=1S/C31H52O/c1-20(2)21(3)10-11-22(4)23-14-18-31(9)25-12-13-26-28(5,6)27(32)16-17-29(26,7)24(25)15-19-30(23,31)8/h15,21-23,25-27,32H,1,10-14,16-19H2,2-9H3/t21-,22+,23+,25+,26-,27-,29+,30+,31-/m0/s1. The molecule has 32 heavy (non-hydrogen) atoms. The van der Waals surface area contributed by atoms with Crippen LogP contribution in [0.15, 0.2) is 23.8 Å². The van der Waals surface area contributed by atoms with Gasteiger partial charge in [-0.3, -0.25) is 0 Å². The van der Waals surface area contributed by atoms with E-state index in [9.17, 15) is 5.11 Å². The molecule has 182 valence electrons. The molecule has 0 heterocycles. The minimum Gasteiger partial charge on any atom is -0.393 e. The summed E-state index contributed by atoms with van der Waals surface area (Å²) in [6.07, 6.45) is 14.1. The summed E-state index contributed by atoms with van der Waals surface area (Å²) in [6.45, 7) is 23.9. The molecule has 0 bridgehead atoms. The molecular weight excluding hydrogens is 388 g/mol. The largest absolute Gasteiger partial charge is 0.393 e. The van der Waals surface area contributed by atoms with Crippen molar-refractivity contribution in [2.45, 2.75) is 119 Å². The van der Waals surface area contributed by atoms with Gasteiger partial charge in [0.1, 0.15) is 0 Å². The second kappa shape index (κ2) is 8.00. The summed E-state index contributed by atoms with van der Waals surface area (Å²) in [5, 5.41) is 10.8. The quantitative estimate of drug-likeness (QED) is 0.424. The van der Waals surface area contributed by atoms with Crippen molar-refractivity contribution in [3.8, 4) is 0 Å². The van der Waals surface area contributed by atoms with E-state index in [1.807, 2.05) is 0 Å². The number of allylic oxidation sites excluding steroid dienone is 3. The fraction of sp³-hybridized carbons (Fsp3) is 0.871. The Balaban J connectivity index is 1.61. The Morgan fingerprint density at radius 2 is 1.69 bits per heavy atom. The Kier molecular flexibility index (Phi) is 6.14. The predicted molar refractivity (Wildman–Crippen MR) is 137 cm³/mol. The molecule has 4 rings (SSSR count). The first-order valence-electron chi connectivity index (χ1n) is 13.8. The van der Waals surface area contributed by atoms with Gasteiger partial charge in [0.25, 0.3) is 0 Å². The molecule has 0 saturated heterocycles. The number of aliphatic hydroxyl groups is 1. The van der Waals surface area contributed by atoms with Crippen LogP contribution in [0.1, 0.15) is 113 Å². The maximum atomic E-state index is 10.8. The molecule has 0 unspecified atom stereocenters. The zero-order valence-electron chi connectivity index (χ0n) is 22.6. The number of hydrogen-bond donors (Lipinski definition) is 1. The van der Waals surface area contributed by atoms with Crippen LogP contribution >= 0.6 is 0 Å². The van der Waals surface area contributed by atoms with Crippen molar-refractivity contribution in [1.82, 2.24) is 0 Å². The second-order valence-electron chi connectivity index (χ2n) is 14.1. The molecule has 0 radical (unpaired) electrons. The predicted octanol–water partition coefficient (Wildman–Crippen LogP) is 8.58. The van der Waals surface area contributed by atoms with Crippen LogP contribution in [0.2, 0.25) is 0 Å². The van der Waals surface area contributed by atoms with Gasteiger partial charge in [-0.15, -0.1) is 0 Å². The zero-order valence-corrected chi connectivity index (χ0v) is 22.6. The summed E-state index contributed by atoms with van der Waals surface area (Å²) < 4.78 is 0. The smallest absolute Gasteiger partial charge is 0.0594 e. The minimum absolute atomic E-state index is 0.0349. The molecule has 0 aromatic heterocycles. The molecule has 1 nitrogen and oxygen atoms in total. The molecule has 1 heteroatoms. The van der Waals surface area contributed by atoms with E-state index in [4.69, 9.17) is 0 Å². The Bertz CT molecular complexity index is 775. The van der Waals surface area contributed by atoms with Crippen molar-refractivity contribution < 1.29 is 5.11 Å². The molecule has 0 aromatic rings. The third-order valence-corrected chi connectivity index (χ3v) is 12.4. The number of fused-ring (bicyclic) bond motifs is 5. The van der Waals surface area contributed by atoms with Gasteiger partial charge < -0.3 is 5.11 Å². The Morgan fingerprint density at radius 3 is 2.34 bits per heavy atom. The van der Waals surface area contributed by atoms with Crippen molar-refractivity contribution in [3.63, 3.8) is 0 Å². The van der Waals surface area contributed by atoms with Gasteiger partial charge in [-0.1, -0.05) is 72.3 Å². The highest BCUT2D eigenvalue weighted by atomic mass is 16.3. The maximum absolute atomic E-state index is 10.8. The summed E-state index contributed by atoms with van der Waals surface area (Å²) in [6, 6.07) is 0. The fourth-order valence-corrected chi connectivity index (χ4v) is 9.63. The second-order valence-corrected chi connectivity index (χ2v) is 14.1.